The second-order valence-corrected chi connectivity index (χ2v) is 7.08. The highest BCUT2D eigenvalue weighted by Crippen LogP contribution is 2.25. The summed E-state index contributed by atoms with van der Waals surface area (Å²) in [5.41, 5.74) is 1.40. The minimum absolute atomic E-state index is 0.0679. The third-order valence-electron chi connectivity index (χ3n) is 3.64. The number of carbonyl (C=O) groups is 1. The Morgan fingerprint density at radius 1 is 1.52 bits per heavy atom. The van der Waals surface area contributed by atoms with Gasteiger partial charge in [-0.25, -0.2) is 9.97 Å². The zero-order valence-electron chi connectivity index (χ0n) is 11.7. The molecule has 7 heteroatoms. The quantitative estimate of drug-likeness (QED) is 0.848. The summed E-state index contributed by atoms with van der Waals surface area (Å²) in [5, 5.41) is 4.16. The zero-order valence-corrected chi connectivity index (χ0v) is 13.3. The van der Waals surface area contributed by atoms with E-state index in [1.165, 1.54) is 24.6 Å². The first-order valence-electron chi connectivity index (χ1n) is 7.10. The Labute approximate surface area is 132 Å². The number of aromatic nitrogens is 3. The molecule has 1 saturated carbocycles. The van der Waals surface area contributed by atoms with E-state index in [1.54, 1.807) is 12.3 Å². The van der Waals surface area contributed by atoms with E-state index in [1.807, 2.05) is 6.92 Å². The van der Waals surface area contributed by atoms with Crippen molar-refractivity contribution >= 4 is 40.4 Å². The van der Waals surface area contributed by atoms with Gasteiger partial charge in [0.2, 0.25) is 5.91 Å². The van der Waals surface area contributed by atoms with Crippen LogP contribution in [0.1, 0.15) is 32.6 Å². The maximum absolute atomic E-state index is 12.2. The number of imidazole rings is 1. The molecule has 0 saturated heterocycles. The molecule has 5 nitrogen and oxygen atoms in total. The molecule has 2 aromatic rings. The van der Waals surface area contributed by atoms with Gasteiger partial charge in [-0.1, -0.05) is 36.2 Å². The first-order chi connectivity index (χ1) is 10.1. The molecule has 0 aliphatic heterocycles. The second kappa shape index (κ2) is 6.23. The Kier molecular flexibility index (Phi) is 4.35. The zero-order chi connectivity index (χ0) is 14.8. The lowest BCUT2D eigenvalue weighted by Crippen LogP contribution is -2.37. The van der Waals surface area contributed by atoms with Crippen molar-refractivity contribution in [2.75, 3.05) is 0 Å². The van der Waals surface area contributed by atoms with Crippen LogP contribution in [0.3, 0.4) is 0 Å². The highest BCUT2D eigenvalue weighted by atomic mass is 35.5. The van der Waals surface area contributed by atoms with Crippen LogP contribution >= 0.6 is 23.4 Å². The summed E-state index contributed by atoms with van der Waals surface area (Å²) < 4.78 is 0. The molecule has 112 valence electrons. The van der Waals surface area contributed by atoms with E-state index in [4.69, 9.17) is 11.6 Å². The summed E-state index contributed by atoms with van der Waals surface area (Å²) in [7, 11) is 0. The molecule has 2 heterocycles. The standard InChI is InChI=1S/C14H17ClN4OS/c1-8(13(20)17-10-4-2-3-5-10)21-14-18-11-6-9(15)7-16-12(11)19-14/h6-8,10H,2-5H2,1H3,(H,17,20)(H,16,18,19). The SMILES string of the molecule is CC(Sc1nc2ncc(Cl)cc2[nH]1)C(=O)NC1CCCC1. The maximum atomic E-state index is 12.2. The van der Waals surface area contributed by atoms with Crippen molar-refractivity contribution in [1.82, 2.24) is 20.3 Å². The molecule has 1 atom stereocenters. The smallest absolute Gasteiger partial charge is 0.233 e. The summed E-state index contributed by atoms with van der Waals surface area (Å²) in [6.45, 7) is 1.89. The van der Waals surface area contributed by atoms with Gasteiger partial charge >= 0.3 is 0 Å². The van der Waals surface area contributed by atoms with E-state index in [2.05, 4.69) is 20.3 Å². The lowest BCUT2D eigenvalue weighted by molar-refractivity contribution is -0.120. The lowest BCUT2D eigenvalue weighted by atomic mass is 10.2. The molecule has 1 aliphatic carbocycles. The molecule has 21 heavy (non-hydrogen) atoms. The first-order valence-corrected chi connectivity index (χ1v) is 8.36. The number of amides is 1. The maximum Gasteiger partial charge on any atom is 0.233 e. The molecular formula is C14H17ClN4OS. The highest BCUT2D eigenvalue weighted by Gasteiger charge is 2.22. The average molecular weight is 325 g/mol. The van der Waals surface area contributed by atoms with Gasteiger partial charge < -0.3 is 10.3 Å². The van der Waals surface area contributed by atoms with Crippen molar-refractivity contribution in [1.29, 1.82) is 0 Å². The van der Waals surface area contributed by atoms with Crippen molar-refractivity contribution in [3.05, 3.63) is 17.3 Å². The number of hydrogen-bond donors (Lipinski definition) is 2. The van der Waals surface area contributed by atoms with Crippen LogP contribution in [0.4, 0.5) is 0 Å². The molecule has 1 fully saturated rings. The molecule has 1 unspecified atom stereocenters. The Morgan fingerprint density at radius 2 is 2.29 bits per heavy atom. The predicted molar refractivity (Wildman–Crippen MR) is 84.6 cm³/mol. The van der Waals surface area contributed by atoms with Crippen LogP contribution in [0.15, 0.2) is 17.4 Å². The summed E-state index contributed by atoms with van der Waals surface area (Å²) in [5.74, 6) is 0.0679. The Hall–Kier alpha value is -1.27. The number of hydrogen-bond acceptors (Lipinski definition) is 4. The van der Waals surface area contributed by atoms with Gasteiger partial charge in [0.25, 0.3) is 0 Å². The largest absolute Gasteiger partial charge is 0.352 e. The number of pyridine rings is 1. The van der Waals surface area contributed by atoms with Crippen LogP contribution in [0.5, 0.6) is 0 Å². The van der Waals surface area contributed by atoms with Gasteiger partial charge in [0.05, 0.1) is 15.8 Å². The van der Waals surface area contributed by atoms with Crippen molar-refractivity contribution in [2.45, 2.75) is 49.1 Å². The van der Waals surface area contributed by atoms with Gasteiger partial charge in [0, 0.05) is 12.2 Å². The number of H-pyrrole nitrogens is 1. The number of thioether (sulfide) groups is 1. The van der Waals surface area contributed by atoms with Crippen LogP contribution < -0.4 is 5.32 Å². The third-order valence-corrected chi connectivity index (χ3v) is 4.83. The van der Waals surface area contributed by atoms with Crippen molar-refractivity contribution in [3.8, 4) is 0 Å². The van der Waals surface area contributed by atoms with Crippen molar-refractivity contribution in [3.63, 3.8) is 0 Å². The van der Waals surface area contributed by atoms with Gasteiger partial charge in [0.15, 0.2) is 10.8 Å². The van der Waals surface area contributed by atoms with E-state index in [9.17, 15) is 4.79 Å². The molecule has 1 aliphatic rings. The molecule has 0 bridgehead atoms. The molecule has 0 aromatic carbocycles. The van der Waals surface area contributed by atoms with E-state index < -0.39 is 0 Å². The number of fused-ring (bicyclic) bond motifs is 1. The van der Waals surface area contributed by atoms with Gasteiger partial charge in [-0.2, -0.15) is 0 Å². The summed E-state index contributed by atoms with van der Waals surface area (Å²) in [6, 6.07) is 2.13. The molecule has 3 rings (SSSR count). The Morgan fingerprint density at radius 3 is 3.05 bits per heavy atom. The fraction of sp³-hybridized carbons (Fsp3) is 0.500. The number of rotatable bonds is 4. The van der Waals surface area contributed by atoms with Crippen LogP contribution in [0, 0.1) is 0 Å². The van der Waals surface area contributed by atoms with Crippen molar-refractivity contribution < 1.29 is 4.79 Å². The molecule has 0 radical (unpaired) electrons. The fourth-order valence-corrected chi connectivity index (χ4v) is 3.49. The minimum atomic E-state index is -0.193. The van der Waals surface area contributed by atoms with Crippen molar-refractivity contribution in [2.24, 2.45) is 0 Å². The van der Waals surface area contributed by atoms with Gasteiger partial charge in [-0.3, -0.25) is 4.79 Å². The van der Waals surface area contributed by atoms with Gasteiger partial charge in [0.1, 0.15) is 0 Å². The fourth-order valence-electron chi connectivity index (χ4n) is 2.52. The van der Waals surface area contributed by atoms with Crippen LogP contribution in [0.2, 0.25) is 5.02 Å². The minimum Gasteiger partial charge on any atom is -0.352 e. The van der Waals surface area contributed by atoms with E-state index in [-0.39, 0.29) is 11.2 Å². The van der Waals surface area contributed by atoms with Crippen LogP contribution in [-0.4, -0.2) is 32.2 Å². The molecule has 2 N–H and O–H groups in total. The number of halogens is 1. The van der Waals surface area contributed by atoms with Crippen LogP contribution in [-0.2, 0) is 4.79 Å². The predicted octanol–water partition coefficient (Wildman–Crippen LogP) is 3.15. The summed E-state index contributed by atoms with van der Waals surface area (Å²) in [4.78, 5) is 23.8. The Balaban J connectivity index is 1.64. The molecule has 2 aromatic heterocycles. The number of carbonyl (C=O) groups excluding carboxylic acids is 1. The third kappa shape index (κ3) is 3.49. The Bertz CT molecular complexity index is 653. The van der Waals surface area contributed by atoms with E-state index in [0.29, 0.717) is 21.9 Å². The number of nitrogens with one attached hydrogen (secondary N) is 2. The van der Waals surface area contributed by atoms with E-state index >= 15 is 0 Å². The van der Waals surface area contributed by atoms with Gasteiger partial charge in [-0.05, 0) is 25.8 Å². The van der Waals surface area contributed by atoms with Gasteiger partial charge in [-0.15, -0.1) is 0 Å². The topological polar surface area (TPSA) is 70.7 Å². The highest BCUT2D eigenvalue weighted by molar-refractivity contribution is 8.00. The number of nitrogens with zero attached hydrogens (tertiary/aromatic N) is 2. The molecule has 0 spiro atoms. The normalized spacial score (nSPS) is 17.2. The summed E-state index contributed by atoms with van der Waals surface area (Å²) in [6.07, 6.45) is 6.17. The molecular weight excluding hydrogens is 308 g/mol. The first kappa shape index (κ1) is 14.7. The summed E-state index contributed by atoms with van der Waals surface area (Å²) >= 11 is 7.30. The average Bonchev–Trinajstić information content (AvgIpc) is 3.07. The second-order valence-electron chi connectivity index (χ2n) is 5.32. The van der Waals surface area contributed by atoms with Crippen LogP contribution in [0.25, 0.3) is 11.2 Å². The van der Waals surface area contributed by atoms with E-state index in [0.717, 1.165) is 18.4 Å². The lowest BCUT2D eigenvalue weighted by Gasteiger charge is -2.15. The number of aromatic amines is 1. The molecule has 1 amide bonds. The monoisotopic (exact) mass is 324 g/mol.